The predicted molar refractivity (Wildman–Crippen MR) is 80.0 cm³/mol. The Bertz CT molecular complexity index is 715. The lowest BCUT2D eigenvalue weighted by Crippen LogP contribution is -2.36. The standard InChI is InChI=1S/C16H16N2O5/c1-9-7-14(18-23-9)17-15(19)10(2)21-16(20)13-8-11-5-3-4-6-12(11)22-13/h3-7,10,13H,8H2,1-2H3,(H,17,18,19). The summed E-state index contributed by atoms with van der Waals surface area (Å²) in [5.41, 5.74) is 0.949. The van der Waals surface area contributed by atoms with Crippen molar-refractivity contribution in [3.63, 3.8) is 0 Å². The van der Waals surface area contributed by atoms with Crippen LogP contribution < -0.4 is 10.1 Å². The Hall–Kier alpha value is -2.83. The number of benzene rings is 1. The van der Waals surface area contributed by atoms with Gasteiger partial charge in [-0.05, 0) is 25.5 Å². The Morgan fingerprint density at radius 2 is 2.17 bits per heavy atom. The van der Waals surface area contributed by atoms with Gasteiger partial charge in [0.25, 0.3) is 5.91 Å². The van der Waals surface area contributed by atoms with Gasteiger partial charge < -0.3 is 19.3 Å². The minimum Gasteiger partial charge on any atom is -0.478 e. The summed E-state index contributed by atoms with van der Waals surface area (Å²) in [4.78, 5) is 24.1. The second-order valence-corrected chi connectivity index (χ2v) is 5.31. The third kappa shape index (κ3) is 3.33. The molecule has 2 atom stereocenters. The summed E-state index contributed by atoms with van der Waals surface area (Å²) >= 11 is 0. The number of aromatic nitrogens is 1. The predicted octanol–water partition coefficient (Wildman–Crippen LogP) is 1.86. The number of anilines is 1. The molecule has 0 saturated heterocycles. The van der Waals surface area contributed by atoms with Crippen molar-refractivity contribution in [1.82, 2.24) is 5.16 Å². The number of nitrogens with zero attached hydrogens (tertiary/aromatic N) is 1. The van der Waals surface area contributed by atoms with Crippen LogP contribution >= 0.6 is 0 Å². The van der Waals surface area contributed by atoms with Gasteiger partial charge in [-0.15, -0.1) is 0 Å². The van der Waals surface area contributed by atoms with Crippen LogP contribution in [-0.2, 0) is 20.7 Å². The number of nitrogens with one attached hydrogen (secondary N) is 1. The first-order valence-corrected chi connectivity index (χ1v) is 7.22. The van der Waals surface area contributed by atoms with Gasteiger partial charge in [0.1, 0.15) is 11.5 Å². The summed E-state index contributed by atoms with van der Waals surface area (Å²) in [5.74, 6) is 0.467. The zero-order chi connectivity index (χ0) is 16.4. The molecular weight excluding hydrogens is 300 g/mol. The van der Waals surface area contributed by atoms with E-state index < -0.39 is 24.1 Å². The third-order valence-electron chi connectivity index (χ3n) is 3.45. The molecule has 1 aromatic heterocycles. The molecule has 0 bridgehead atoms. The molecule has 7 nitrogen and oxygen atoms in total. The van der Waals surface area contributed by atoms with Crippen molar-refractivity contribution in [2.45, 2.75) is 32.5 Å². The average molecular weight is 316 g/mol. The highest BCUT2D eigenvalue weighted by molar-refractivity contribution is 5.94. The molecule has 1 aliphatic rings. The van der Waals surface area contributed by atoms with Crippen LogP contribution in [0.4, 0.5) is 5.82 Å². The van der Waals surface area contributed by atoms with Crippen molar-refractivity contribution < 1.29 is 23.6 Å². The quantitative estimate of drug-likeness (QED) is 0.866. The first-order chi connectivity index (χ1) is 11.0. The Balaban J connectivity index is 1.55. The molecule has 2 heterocycles. The van der Waals surface area contributed by atoms with Gasteiger partial charge in [-0.2, -0.15) is 0 Å². The summed E-state index contributed by atoms with van der Waals surface area (Å²) in [6, 6.07) is 8.98. The number of hydrogen-bond acceptors (Lipinski definition) is 6. The van der Waals surface area contributed by atoms with Crippen LogP contribution in [0.2, 0.25) is 0 Å². The van der Waals surface area contributed by atoms with Crippen LogP contribution in [0.25, 0.3) is 0 Å². The normalized spacial score (nSPS) is 17.0. The molecule has 2 aromatic rings. The van der Waals surface area contributed by atoms with E-state index in [-0.39, 0.29) is 5.82 Å². The highest BCUT2D eigenvalue weighted by Crippen LogP contribution is 2.28. The van der Waals surface area contributed by atoms with Crippen LogP contribution in [0.15, 0.2) is 34.9 Å². The molecule has 0 radical (unpaired) electrons. The second kappa shape index (κ2) is 6.12. The topological polar surface area (TPSA) is 90.7 Å². The monoisotopic (exact) mass is 316 g/mol. The molecule has 23 heavy (non-hydrogen) atoms. The molecule has 0 saturated carbocycles. The minimum atomic E-state index is -0.966. The first kappa shape index (κ1) is 15.1. The summed E-state index contributed by atoms with van der Waals surface area (Å²) < 4.78 is 15.6. The largest absolute Gasteiger partial charge is 0.478 e. The average Bonchev–Trinajstić information content (AvgIpc) is 3.13. The van der Waals surface area contributed by atoms with E-state index in [1.165, 1.54) is 6.92 Å². The van der Waals surface area contributed by atoms with E-state index in [2.05, 4.69) is 10.5 Å². The Morgan fingerprint density at radius 3 is 2.87 bits per heavy atom. The Morgan fingerprint density at radius 1 is 1.39 bits per heavy atom. The molecule has 120 valence electrons. The molecule has 3 rings (SSSR count). The van der Waals surface area contributed by atoms with Gasteiger partial charge in [0, 0.05) is 12.5 Å². The maximum Gasteiger partial charge on any atom is 0.348 e. The van der Waals surface area contributed by atoms with E-state index >= 15 is 0 Å². The summed E-state index contributed by atoms with van der Waals surface area (Å²) in [7, 11) is 0. The number of aryl methyl sites for hydroxylation is 1. The van der Waals surface area contributed by atoms with E-state index in [9.17, 15) is 9.59 Å². The Kier molecular flexibility index (Phi) is 4.01. The van der Waals surface area contributed by atoms with Gasteiger partial charge in [0.05, 0.1) is 0 Å². The first-order valence-electron chi connectivity index (χ1n) is 7.22. The molecule has 1 aromatic carbocycles. The highest BCUT2D eigenvalue weighted by Gasteiger charge is 2.32. The molecule has 1 amide bonds. The molecule has 1 aliphatic heterocycles. The van der Waals surface area contributed by atoms with Crippen molar-refractivity contribution in [3.8, 4) is 5.75 Å². The summed E-state index contributed by atoms with van der Waals surface area (Å²) in [6.45, 7) is 3.20. The molecule has 2 unspecified atom stereocenters. The number of carbonyl (C=O) groups excluding carboxylic acids is 2. The number of para-hydroxylation sites is 1. The van der Waals surface area contributed by atoms with Gasteiger partial charge >= 0.3 is 5.97 Å². The Labute approximate surface area is 132 Å². The lowest BCUT2D eigenvalue weighted by Gasteiger charge is -2.15. The fourth-order valence-electron chi connectivity index (χ4n) is 2.27. The number of hydrogen-bond donors (Lipinski definition) is 1. The van der Waals surface area contributed by atoms with Crippen LogP contribution in [0, 0.1) is 6.92 Å². The van der Waals surface area contributed by atoms with Crippen LogP contribution in [-0.4, -0.2) is 29.2 Å². The smallest absolute Gasteiger partial charge is 0.348 e. The second-order valence-electron chi connectivity index (χ2n) is 5.31. The van der Waals surface area contributed by atoms with Crippen molar-refractivity contribution >= 4 is 17.7 Å². The van der Waals surface area contributed by atoms with Crippen LogP contribution in [0.1, 0.15) is 18.2 Å². The van der Waals surface area contributed by atoms with Crippen LogP contribution in [0.3, 0.4) is 0 Å². The van der Waals surface area contributed by atoms with Crippen molar-refractivity contribution in [2.75, 3.05) is 5.32 Å². The van der Waals surface area contributed by atoms with E-state index in [0.29, 0.717) is 17.9 Å². The maximum atomic E-state index is 12.1. The minimum absolute atomic E-state index is 0.278. The molecule has 7 heteroatoms. The summed E-state index contributed by atoms with van der Waals surface area (Å²) in [6.07, 6.45) is -1.25. The van der Waals surface area contributed by atoms with E-state index in [4.69, 9.17) is 14.0 Å². The molecule has 0 fully saturated rings. The zero-order valence-electron chi connectivity index (χ0n) is 12.7. The number of ether oxygens (including phenoxy) is 2. The SMILES string of the molecule is Cc1cc(NC(=O)C(C)OC(=O)C2Cc3ccccc3O2)no1. The number of fused-ring (bicyclic) bond motifs is 1. The molecular formula is C16H16N2O5. The van der Waals surface area contributed by atoms with Crippen molar-refractivity contribution in [3.05, 3.63) is 41.7 Å². The van der Waals surface area contributed by atoms with E-state index in [1.807, 2.05) is 18.2 Å². The van der Waals surface area contributed by atoms with Gasteiger partial charge in [0.2, 0.25) is 0 Å². The number of esters is 1. The molecule has 1 N–H and O–H groups in total. The zero-order valence-corrected chi connectivity index (χ0v) is 12.7. The lowest BCUT2D eigenvalue weighted by molar-refractivity contribution is -0.159. The van der Waals surface area contributed by atoms with Crippen LogP contribution in [0.5, 0.6) is 5.75 Å². The molecule has 0 spiro atoms. The van der Waals surface area contributed by atoms with Gasteiger partial charge in [-0.3, -0.25) is 4.79 Å². The van der Waals surface area contributed by atoms with E-state index in [0.717, 1.165) is 5.56 Å². The van der Waals surface area contributed by atoms with Gasteiger partial charge in [0.15, 0.2) is 18.0 Å². The molecule has 0 aliphatic carbocycles. The fourth-order valence-corrected chi connectivity index (χ4v) is 2.27. The van der Waals surface area contributed by atoms with Crippen molar-refractivity contribution in [1.29, 1.82) is 0 Å². The van der Waals surface area contributed by atoms with E-state index in [1.54, 1.807) is 19.1 Å². The lowest BCUT2D eigenvalue weighted by atomic mass is 10.1. The third-order valence-corrected chi connectivity index (χ3v) is 3.45. The number of rotatable bonds is 4. The van der Waals surface area contributed by atoms with Crippen molar-refractivity contribution in [2.24, 2.45) is 0 Å². The van der Waals surface area contributed by atoms with Gasteiger partial charge in [-0.1, -0.05) is 23.4 Å². The number of amides is 1. The highest BCUT2D eigenvalue weighted by atomic mass is 16.6. The summed E-state index contributed by atoms with van der Waals surface area (Å²) in [5, 5.41) is 6.16. The maximum absolute atomic E-state index is 12.1. The number of carbonyl (C=O) groups is 2. The fraction of sp³-hybridized carbons (Fsp3) is 0.312. The van der Waals surface area contributed by atoms with Gasteiger partial charge in [-0.25, -0.2) is 4.79 Å².